The highest BCUT2D eigenvalue weighted by atomic mass is 16.5. The van der Waals surface area contributed by atoms with E-state index in [0.717, 1.165) is 17.2 Å². The van der Waals surface area contributed by atoms with Gasteiger partial charge in [-0.2, -0.15) is 15.0 Å². The third-order valence-electron chi connectivity index (χ3n) is 3.91. The Morgan fingerprint density at radius 1 is 0.938 bits per heavy atom. The minimum Gasteiger partial charge on any atom is -0.457 e. The number of nitrogens with zero attached hydrogens (tertiary/aromatic N) is 4. The van der Waals surface area contributed by atoms with Crippen LogP contribution in [0.25, 0.3) is 0 Å². The Bertz CT molecular complexity index is 1020. The van der Waals surface area contributed by atoms with Crippen LogP contribution in [0.2, 0.25) is 0 Å². The van der Waals surface area contributed by atoms with Gasteiger partial charge in [-0.05, 0) is 64.1 Å². The Morgan fingerprint density at radius 3 is 2.28 bits per heavy atom. The number of nitrogens with one attached hydrogen (secondary N) is 2. The van der Waals surface area contributed by atoms with Gasteiger partial charge >= 0.3 is 0 Å². The summed E-state index contributed by atoms with van der Waals surface area (Å²) in [6, 6.07) is 17.8. The summed E-state index contributed by atoms with van der Waals surface area (Å²) in [6.07, 6.45) is 0. The molecule has 32 heavy (non-hydrogen) atoms. The van der Waals surface area contributed by atoms with Gasteiger partial charge in [-0.3, -0.25) is 0 Å². The molecule has 0 radical (unpaired) electrons. The van der Waals surface area contributed by atoms with Crippen molar-refractivity contribution >= 4 is 23.6 Å². The van der Waals surface area contributed by atoms with Crippen molar-refractivity contribution in [3.8, 4) is 11.5 Å². The van der Waals surface area contributed by atoms with Crippen molar-refractivity contribution in [3.05, 3.63) is 60.4 Å². The first-order valence-corrected chi connectivity index (χ1v) is 10.4. The molecular formula is C23H29N7O2. The van der Waals surface area contributed by atoms with E-state index in [0.29, 0.717) is 17.8 Å². The Labute approximate surface area is 188 Å². The number of aromatic nitrogens is 3. The second-order valence-corrected chi connectivity index (χ2v) is 7.61. The molecule has 0 atom stereocenters. The molecule has 0 bridgehead atoms. The molecule has 3 rings (SSSR count). The molecule has 0 fully saturated rings. The largest absolute Gasteiger partial charge is 0.457 e. The van der Waals surface area contributed by atoms with Crippen LogP contribution in [0.15, 0.2) is 59.6 Å². The van der Waals surface area contributed by atoms with Crippen LogP contribution in [0.1, 0.15) is 33.5 Å². The van der Waals surface area contributed by atoms with Crippen molar-refractivity contribution in [1.29, 1.82) is 0 Å². The number of aliphatic imine (C=N–C) groups is 1. The van der Waals surface area contributed by atoms with E-state index in [1.807, 2.05) is 82.3 Å². The minimum absolute atomic E-state index is 0.0887. The lowest BCUT2D eigenvalue weighted by Gasteiger charge is -2.15. The van der Waals surface area contributed by atoms with E-state index >= 15 is 0 Å². The molecule has 0 saturated heterocycles. The molecule has 0 unspecified atom stereocenters. The van der Waals surface area contributed by atoms with Gasteiger partial charge in [0, 0.05) is 17.8 Å². The van der Waals surface area contributed by atoms with Crippen LogP contribution in [0.3, 0.4) is 0 Å². The fraction of sp³-hybridized carbons (Fsp3) is 0.304. The number of rotatable bonds is 8. The lowest BCUT2D eigenvalue weighted by atomic mass is 10.3. The molecule has 9 nitrogen and oxygen atoms in total. The highest BCUT2D eigenvalue weighted by Gasteiger charge is 2.09. The average Bonchev–Trinajstić information content (AvgIpc) is 2.73. The van der Waals surface area contributed by atoms with E-state index in [-0.39, 0.29) is 24.6 Å². The van der Waals surface area contributed by atoms with Gasteiger partial charge in [0.2, 0.25) is 11.9 Å². The molecule has 0 aliphatic carbocycles. The van der Waals surface area contributed by atoms with Crippen LogP contribution in [0.4, 0.5) is 17.6 Å². The summed E-state index contributed by atoms with van der Waals surface area (Å²) >= 11 is 0. The van der Waals surface area contributed by atoms with Gasteiger partial charge in [-0.1, -0.05) is 18.2 Å². The van der Waals surface area contributed by atoms with Crippen LogP contribution in [0.5, 0.6) is 11.5 Å². The first-order valence-electron chi connectivity index (χ1n) is 10.4. The molecule has 0 aliphatic rings. The highest BCUT2D eigenvalue weighted by Crippen LogP contribution is 2.23. The lowest BCUT2D eigenvalue weighted by Crippen LogP contribution is -2.33. The molecule has 2 aromatic carbocycles. The fourth-order valence-electron chi connectivity index (χ4n) is 2.65. The first-order chi connectivity index (χ1) is 15.4. The van der Waals surface area contributed by atoms with Crippen molar-refractivity contribution in [2.75, 3.05) is 11.1 Å². The van der Waals surface area contributed by atoms with Crippen LogP contribution in [-0.4, -0.2) is 33.1 Å². The molecule has 0 amide bonds. The third kappa shape index (κ3) is 7.42. The van der Waals surface area contributed by atoms with Crippen molar-refractivity contribution in [1.82, 2.24) is 20.3 Å². The van der Waals surface area contributed by atoms with E-state index < -0.39 is 0 Å². The summed E-state index contributed by atoms with van der Waals surface area (Å²) in [4.78, 5) is 17.1. The van der Waals surface area contributed by atoms with Crippen LogP contribution in [-0.2, 0) is 11.3 Å². The number of hydrogen-bond acceptors (Lipinski definition) is 8. The molecule has 0 saturated carbocycles. The summed E-state index contributed by atoms with van der Waals surface area (Å²) in [5.41, 5.74) is 6.65. The van der Waals surface area contributed by atoms with Crippen molar-refractivity contribution in [2.24, 2.45) is 4.99 Å². The van der Waals surface area contributed by atoms with Gasteiger partial charge in [0.15, 0.2) is 12.4 Å². The Hall–Kier alpha value is -3.88. The summed E-state index contributed by atoms with van der Waals surface area (Å²) in [6.45, 7) is 8.09. The predicted octanol–water partition coefficient (Wildman–Crippen LogP) is 4.27. The zero-order chi connectivity index (χ0) is 22.9. The summed E-state index contributed by atoms with van der Waals surface area (Å²) < 4.78 is 11.6. The maximum atomic E-state index is 5.87. The van der Waals surface area contributed by atoms with Crippen molar-refractivity contribution in [2.45, 2.75) is 46.4 Å². The number of nitrogen functional groups attached to an aromatic ring is 1. The molecule has 4 N–H and O–H groups in total. The summed E-state index contributed by atoms with van der Waals surface area (Å²) in [7, 11) is 0. The van der Waals surface area contributed by atoms with Gasteiger partial charge in [0.25, 0.3) is 6.02 Å². The summed E-state index contributed by atoms with van der Waals surface area (Å²) in [5.74, 6) is 2.32. The maximum Gasteiger partial charge on any atom is 0.285 e. The third-order valence-corrected chi connectivity index (χ3v) is 3.91. The Balaban J connectivity index is 1.65. The molecule has 9 heteroatoms. The van der Waals surface area contributed by atoms with Crippen LogP contribution < -0.4 is 21.1 Å². The number of ether oxygens (including phenoxy) is 2. The van der Waals surface area contributed by atoms with Crippen molar-refractivity contribution in [3.63, 3.8) is 0 Å². The normalized spacial score (nSPS) is 11.5. The van der Waals surface area contributed by atoms with Gasteiger partial charge < -0.3 is 25.8 Å². The number of anilines is 3. The van der Waals surface area contributed by atoms with E-state index in [2.05, 4.69) is 30.6 Å². The molecule has 0 aliphatic heterocycles. The quantitative estimate of drug-likeness (QED) is 0.354. The minimum atomic E-state index is 0.0887. The number of amidine groups is 1. The monoisotopic (exact) mass is 435 g/mol. The van der Waals surface area contributed by atoms with E-state index in [1.54, 1.807) is 0 Å². The summed E-state index contributed by atoms with van der Waals surface area (Å²) in [5, 5.41) is 6.30. The van der Waals surface area contributed by atoms with Crippen molar-refractivity contribution < 1.29 is 9.47 Å². The molecule has 3 aromatic rings. The average molecular weight is 436 g/mol. The second kappa shape index (κ2) is 10.9. The lowest BCUT2D eigenvalue weighted by molar-refractivity contribution is 0.262. The topological polar surface area (TPSA) is 120 Å². The molecule has 1 aromatic heterocycles. The predicted molar refractivity (Wildman–Crippen MR) is 126 cm³/mol. The second-order valence-electron chi connectivity index (χ2n) is 7.61. The van der Waals surface area contributed by atoms with E-state index in [1.165, 1.54) is 0 Å². The first kappa shape index (κ1) is 22.8. The fourth-order valence-corrected chi connectivity index (χ4v) is 2.65. The van der Waals surface area contributed by atoms with Crippen LogP contribution in [0, 0.1) is 0 Å². The molecule has 168 valence electrons. The van der Waals surface area contributed by atoms with E-state index in [4.69, 9.17) is 15.2 Å². The number of para-hydroxylation sites is 1. The molecule has 1 heterocycles. The molecule has 0 spiro atoms. The van der Waals surface area contributed by atoms with Gasteiger partial charge in [0.05, 0.1) is 0 Å². The highest BCUT2D eigenvalue weighted by molar-refractivity contribution is 5.74. The smallest absolute Gasteiger partial charge is 0.285 e. The van der Waals surface area contributed by atoms with E-state index in [9.17, 15) is 0 Å². The zero-order valence-electron chi connectivity index (χ0n) is 18.7. The standard InChI is InChI=1S/C23H29N7O2/c1-15(2)25-23(26-16(3)4)31-14-20-28-21(24)30-22(29-20)27-17-10-12-19(13-11-17)32-18-8-6-5-7-9-18/h5-13,15-16H,14H2,1-4H3,(H,25,26)(H3,24,27,28,29,30). The molecular weight excluding hydrogens is 406 g/mol. The number of nitrogens with two attached hydrogens (primary N) is 1. The maximum absolute atomic E-state index is 5.87. The van der Waals surface area contributed by atoms with Gasteiger partial charge in [-0.15, -0.1) is 0 Å². The Kier molecular flexibility index (Phi) is 7.80. The van der Waals surface area contributed by atoms with Gasteiger partial charge in [-0.25, -0.2) is 4.99 Å². The number of benzene rings is 2. The number of hydrogen-bond donors (Lipinski definition) is 3. The van der Waals surface area contributed by atoms with Crippen LogP contribution >= 0.6 is 0 Å². The Morgan fingerprint density at radius 2 is 1.62 bits per heavy atom. The SMILES string of the molecule is CC(C)N=C(NC(C)C)OCc1nc(N)nc(Nc2ccc(Oc3ccccc3)cc2)n1. The van der Waals surface area contributed by atoms with Gasteiger partial charge in [0.1, 0.15) is 11.5 Å². The zero-order valence-corrected chi connectivity index (χ0v) is 18.7.